The molecule has 88 valence electrons. The predicted molar refractivity (Wildman–Crippen MR) is 47.8 cm³/mol. The molecule has 0 aromatic carbocycles. The lowest BCUT2D eigenvalue weighted by molar-refractivity contribution is -0.270. The van der Waals surface area contributed by atoms with Crippen molar-refractivity contribution in [2.45, 2.75) is 43.7 Å². The van der Waals surface area contributed by atoms with Gasteiger partial charge in [0.15, 0.2) is 5.79 Å². The van der Waals surface area contributed by atoms with Gasteiger partial charge in [0.1, 0.15) is 24.9 Å². The van der Waals surface area contributed by atoms with Crippen LogP contribution in [0.1, 0.15) is 13.8 Å². The molecular weight excluding hydrogens is 204 g/mol. The van der Waals surface area contributed by atoms with Crippen LogP contribution in [-0.2, 0) is 14.2 Å². The van der Waals surface area contributed by atoms with Crippen LogP contribution in [0.5, 0.6) is 0 Å². The summed E-state index contributed by atoms with van der Waals surface area (Å²) in [4.78, 5) is 0. The number of rotatable bonds is 1. The third kappa shape index (κ3) is 1.67. The minimum absolute atomic E-state index is 0.0364. The molecule has 2 fully saturated rings. The molecule has 2 heterocycles. The molecule has 2 aliphatic heterocycles. The number of hydrogen-bond donors (Lipinski definition) is 3. The van der Waals surface area contributed by atoms with Gasteiger partial charge in [-0.25, -0.2) is 0 Å². The highest BCUT2D eigenvalue weighted by atomic mass is 16.8. The van der Waals surface area contributed by atoms with Gasteiger partial charge in [-0.3, -0.25) is 0 Å². The van der Waals surface area contributed by atoms with Crippen LogP contribution in [0.4, 0.5) is 0 Å². The monoisotopic (exact) mass is 220 g/mol. The van der Waals surface area contributed by atoms with Gasteiger partial charge < -0.3 is 29.5 Å². The molecule has 1 spiro atoms. The Labute approximate surface area is 87.4 Å². The second-order valence-electron chi connectivity index (χ2n) is 4.38. The van der Waals surface area contributed by atoms with Crippen molar-refractivity contribution >= 4 is 0 Å². The maximum atomic E-state index is 9.79. The molecule has 6 nitrogen and oxygen atoms in total. The van der Waals surface area contributed by atoms with Crippen LogP contribution in [0.2, 0.25) is 0 Å². The zero-order valence-electron chi connectivity index (χ0n) is 8.71. The molecule has 15 heavy (non-hydrogen) atoms. The Bertz CT molecular complexity index is 255. The van der Waals surface area contributed by atoms with Gasteiger partial charge in [-0.1, -0.05) is 0 Å². The average Bonchev–Trinajstić information content (AvgIpc) is 2.60. The average molecular weight is 220 g/mol. The number of aliphatic hydroxyl groups excluding tert-OH is 3. The van der Waals surface area contributed by atoms with E-state index in [1.165, 1.54) is 0 Å². The van der Waals surface area contributed by atoms with Crippen molar-refractivity contribution in [3.63, 3.8) is 0 Å². The first-order chi connectivity index (χ1) is 6.90. The van der Waals surface area contributed by atoms with Gasteiger partial charge in [0.25, 0.3) is 0 Å². The number of aliphatic hydroxyl groups is 3. The summed E-state index contributed by atoms with van der Waals surface area (Å²) in [7, 11) is 0. The minimum atomic E-state index is -1.35. The van der Waals surface area contributed by atoms with Crippen molar-refractivity contribution < 1.29 is 29.5 Å². The van der Waals surface area contributed by atoms with E-state index in [4.69, 9.17) is 19.3 Å². The van der Waals surface area contributed by atoms with Crippen LogP contribution in [-0.4, -0.2) is 58.4 Å². The third-order valence-corrected chi connectivity index (χ3v) is 2.73. The third-order valence-electron chi connectivity index (χ3n) is 2.73. The Balaban J connectivity index is 2.18. The second-order valence-corrected chi connectivity index (χ2v) is 4.38. The first kappa shape index (κ1) is 11.3. The first-order valence-corrected chi connectivity index (χ1v) is 4.89. The lowest BCUT2D eigenvalue weighted by Crippen LogP contribution is -2.46. The lowest BCUT2D eigenvalue weighted by Gasteiger charge is -2.26. The fraction of sp³-hybridized carbons (Fsp3) is 1.00. The van der Waals surface area contributed by atoms with E-state index < -0.39 is 29.9 Å². The van der Waals surface area contributed by atoms with Crippen LogP contribution >= 0.6 is 0 Å². The molecule has 2 saturated heterocycles. The molecule has 6 heteroatoms. The maximum Gasteiger partial charge on any atom is 0.224 e. The fourth-order valence-electron chi connectivity index (χ4n) is 1.96. The topological polar surface area (TPSA) is 88.4 Å². The van der Waals surface area contributed by atoms with Crippen molar-refractivity contribution in [1.82, 2.24) is 0 Å². The highest BCUT2D eigenvalue weighted by molar-refractivity contribution is 4.99. The van der Waals surface area contributed by atoms with Crippen LogP contribution in [0.3, 0.4) is 0 Å². The number of ether oxygens (including phenoxy) is 3. The molecule has 2 rings (SSSR count). The van der Waals surface area contributed by atoms with Gasteiger partial charge in [-0.15, -0.1) is 0 Å². The zero-order chi connectivity index (χ0) is 11.3. The zero-order valence-corrected chi connectivity index (χ0v) is 8.71. The Kier molecular flexibility index (Phi) is 2.53. The lowest BCUT2D eigenvalue weighted by atomic mass is 10.1. The molecule has 0 amide bonds. The summed E-state index contributed by atoms with van der Waals surface area (Å²) in [6.07, 6.45) is -3.21. The van der Waals surface area contributed by atoms with E-state index in [0.29, 0.717) is 0 Å². The van der Waals surface area contributed by atoms with Crippen molar-refractivity contribution in [1.29, 1.82) is 0 Å². The van der Waals surface area contributed by atoms with Crippen molar-refractivity contribution in [2.24, 2.45) is 0 Å². The minimum Gasteiger partial charge on any atom is -0.394 e. The van der Waals surface area contributed by atoms with E-state index >= 15 is 0 Å². The van der Waals surface area contributed by atoms with Gasteiger partial charge in [-0.2, -0.15) is 0 Å². The van der Waals surface area contributed by atoms with E-state index in [-0.39, 0.29) is 13.2 Å². The van der Waals surface area contributed by atoms with Gasteiger partial charge in [0.2, 0.25) is 5.79 Å². The van der Waals surface area contributed by atoms with E-state index in [2.05, 4.69) is 0 Å². The summed E-state index contributed by atoms with van der Waals surface area (Å²) >= 11 is 0. The SMILES string of the molecule is CC1(C)OCC2(O[C@@H](CO)[C@H](O)[C@H]2O)O1. The largest absolute Gasteiger partial charge is 0.394 e. The van der Waals surface area contributed by atoms with Crippen molar-refractivity contribution in [3.8, 4) is 0 Å². The van der Waals surface area contributed by atoms with E-state index in [9.17, 15) is 10.2 Å². The van der Waals surface area contributed by atoms with Gasteiger partial charge in [0.05, 0.1) is 6.61 Å². The maximum absolute atomic E-state index is 9.79. The molecule has 0 saturated carbocycles. The fourth-order valence-corrected chi connectivity index (χ4v) is 1.96. The van der Waals surface area contributed by atoms with Crippen LogP contribution in [0.25, 0.3) is 0 Å². The van der Waals surface area contributed by atoms with Gasteiger partial charge in [0, 0.05) is 0 Å². The van der Waals surface area contributed by atoms with E-state index in [1.54, 1.807) is 13.8 Å². The molecule has 3 N–H and O–H groups in total. The molecule has 1 unspecified atom stereocenters. The Morgan fingerprint density at radius 1 is 1.33 bits per heavy atom. The molecule has 0 bridgehead atoms. The predicted octanol–water partition coefficient (Wildman–Crippen LogP) is -1.42. The Morgan fingerprint density at radius 3 is 2.40 bits per heavy atom. The molecular formula is C9H16O6. The quantitative estimate of drug-likeness (QED) is 0.502. The molecule has 0 aromatic heterocycles. The van der Waals surface area contributed by atoms with E-state index in [1.807, 2.05) is 0 Å². The second kappa shape index (κ2) is 3.38. The van der Waals surface area contributed by atoms with Crippen molar-refractivity contribution in [2.75, 3.05) is 13.2 Å². The highest BCUT2D eigenvalue weighted by Gasteiger charge is 2.61. The summed E-state index contributed by atoms with van der Waals surface area (Å²) in [5.41, 5.74) is 0. The summed E-state index contributed by atoms with van der Waals surface area (Å²) in [6, 6.07) is 0. The molecule has 4 atom stereocenters. The molecule has 2 aliphatic rings. The van der Waals surface area contributed by atoms with Gasteiger partial charge in [-0.05, 0) is 13.8 Å². The standard InChI is InChI=1S/C9H16O6/c1-8(2)13-4-9(15-8)7(12)6(11)5(3-10)14-9/h5-7,10-12H,3-4H2,1-2H3/t5-,6-,7+,9?/m0/s1. The summed E-state index contributed by atoms with van der Waals surface area (Å²) in [5.74, 6) is -2.21. The summed E-state index contributed by atoms with van der Waals surface area (Å²) < 4.78 is 16.1. The summed E-state index contributed by atoms with van der Waals surface area (Å²) in [6.45, 7) is 3.05. The van der Waals surface area contributed by atoms with Crippen LogP contribution in [0, 0.1) is 0 Å². The number of hydrogen-bond acceptors (Lipinski definition) is 6. The highest BCUT2D eigenvalue weighted by Crippen LogP contribution is 2.41. The normalized spacial score (nSPS) is 49.0. The van der Waals surface area contributed by atoms with Crippen molar-refractivity contribution in [3.05, 3.63) is 0 Å². The van der Waals surface area contributed by atoms with Gasteiger partial charge >= 0.3 is 0 Å². The first-order valence-electron chi connectivity index (χ1n) is 4.89. The smallest absolute Gasteiger partial charge is 0.224 e. The molecule has 0 aliphatic carbocycles. The molecule has 0 aromatic rings. The van der Waals surface area contributed by atoms with Crippen LogP contribution in [0.15, 0.2) is 0 Å². The Hall–Kier alpha value is -0.240. The summed E-state index contributed by atoms with van der Waals surface area (Å²) in [5, 5.41) is 28.3. The molecule has 0 radical (unpaired) electrons. The van der Waals surface area contributed by atoms with Crippen LogP contribution < -0.4 is 0 Å². The van der Waals surface area contributed by atoms with E-state index in [0.717, 1.165) is 0 Å². The Morgan fingerprint density at radius 2 is 2.00 bits per heavy atom.